The lowest BCUT2D eigenvalue weighted by Gasteiger charge is -2.16. The van der Waals surface area contributed by atoms with Crippen molar-refractivity contribution >= 4 is 18.3 Å². The molecule has 0 radical (unpaired) electrons. The Bertz CT molecular complexity index is 435. The van der Waals surface area contributed by atoms with Gasteiger partial charge in [0.05, 0.1) is 0 Å². The minimum Gasteiger partial charge on any atom is -0.355 e. The molecule has 0 spiro atoms. The van der Waals surface area contributed by atoms with E-state index < -0.39 is 0 Å². The average Bonchev–Trinajstić information content (AvgIpc) is 3.15. The zero-order valence-electron chi connectivity index (χ0n) is 11.0. The van der Waals surface area contributed by atoms with Crippen LogP contribution in [0.25, 0.3) is 0 Å². The Morgan fingerprint density at radius 3 is 2.74 bits per heavy atom. The summed E-state index contributed by atoms with van der Waals surface area (Å²) < 4.78 is 13.2. The number of carbonyl (C=O) groups excluding carboxylic acids is 1. The van der Waals surface area contributed by atoms with E-state index in [9.17, 15) is 9.18 Å². The number of carbonyl (C=O) groups is 1. The molecule has 0 aromatic heterocycles. The second-order valence-electron chi connectivity index (χ2n) is 4.92. The van der Waals surface area contributed by atoms with Crippen molar-refractivity contribution in [3.8, 4) is 0 Å². The van der Waals surface area contributed by atoms with Gasteiger partial charge in [0.25, 0.3) is 0 Å². The first-order chi connectivity index (χ1) is 8.66. The molecule has 106 valence electrons. The predicted molar refractivity (Wildman–Crippen MR) is 76.1 cm³/mol. The van der Waals surface area contributed by atoms with Crippen molar-refractivity contribution in [2.24, 2.45) is 0 Å². The molecular weight excluding hydrogens is 267 g/mol. The van der Waals surface area contributed by atoms with Crippen LogP contribution < -0.4 is 10.6 Å². The third kappa shape index (κ3) is 4.18. The van der Waals surface area contributed by atoms with Crippen LogP contribution in [0, 0.1) is 5.82 Å². The Balaban J connectivity index is 0.00000180. The van der Waals surface area contributed by atoms with Gasteiger partial charge in [-0.2, -0.15) is 0 Å². The first kappa shape index (κ1) is 15.9. The van der Waals surface area contributed by atoms with Crippen molar-refractivity contribution in [3.05, 3.63) is 35.6 Å². The maximum atomic E-state index is 13.2. The number of amides is 1. The molecule has 1 aliphatic rings. The van der Waals surface area contributed by atoms with Crippen LogP contribution in [0.2, 0.25) is 0 Å². The van der Waals surface area contributed by atoms with Crippen LogP contribution in [-0.2, 0) is 10.2 Å². The summed E-state index contributed by atoms with van der Waals surface area (Å²) in [4.78, 5) is 11.5. The summed E-state index contributed by atoms with van der Waals surface area (Å²) in [7, 11) is 1.82. The van der Waals surface area contributed by atoms with Gasteiger partial charge in [-0.05, 0) is 37.6 Å². The molecule has 1 saturated carbocycles. The van der Waals surface area contributed by atoms with Gasteiger partial charge in [0.2, 0.25) is 5.91 Å². The summed E-state index contributed by atoms with van der Waals surface area (Å²) in [5.41, 5.74) is 0.966. The minimum absolute atomic E-state index is 0. The number of benzene rings is 1. The third-order valence-electron chi connectivity index (χ3n) is 3.52. The summed E-state index contributed by atoms with van der Waals surface area (Å²) in [6.45, 7) is 1.29. The standard InChI is InChI=1S/C14H19FN2O.ClH/c1-16-8-5-13(18)17-10-14(6-7-14)11-3-2-4-12(15)9-11;/h2-4,9,16H,5-8,10H2,1H3,(H,17,18);1H. The minimum atomic E-state index is -0.208. The lowest BCUT2D eigenvalue weighted by molar-refractivity contribution is -0.121. The summed E-state index contributed by atoms with van der Waals surface area (Å²) in [5, 5.41) is 5.88. The Kier molecular flexibility index (Phi) is 5.76. The molecule has 0 bridgehead atoms. The van der Waals surface area contributed by atoms with Gasteiger partial charge in [-0.1, -0.05) is 12.1 Å². The maximum absolute atomic E-state index is 13.2. The van der Waals surface area contributed by atoms with E-state index in [0.29, 0.717) is 19.5 Å². The number of hydrogen-bond donors (Lipinski definition) is 2. The lowest BCUT2D eigenvalue weighted by atomic mass is 9.96. The Labute approximate surface area is 119 Å². The Morgan fingerprint density at radius 2 is 2.16 bits per heavy atom. The molecular formula is C14H20ClFN2O. The normalized spacial score (nSPS) is 15.5. The fourth-order valence-corrected chi connectivity index (χ4v) is 2.13. The van der Waals surface area contributed by atoms with Crippen LogP contribution in [0.5, 0.6) is 0 Å². The molecule has 0 unspecified atom stereocenters. The second kappa shape index (κ2) is 6.87. The van der Waals surface area contributed by atoms with Crippen LogP contribution in [0.3, 0.4) is 0 Å². The van der Waals surface area contributed by atoms with Gasteiger partial charge in [0, 0.05) is 24.9 Å². The van der Waals surface area contributed by atoms with Crippen LogP contribution >= 0.6 is 12.4 Å². The largest absolute Gasteiger partial charge is 0.355 e. The second-order valence-corrected chi connectivity index (χ2v) is 4.92. The van der Waals surface area contributed by atoms with Crippen molar-refractivity contribution in [1.29, 1.82) is 0 Å². The van der Waals surface area contributed by atoms with Gasteiger partial charge in [-0.3, -0.25) is 4.79 Å². The van der Waals surface area contributed by atoms with E-state index in [-0.39, 0.29) is 29.5 Å². The summed E-state index contributed by atoms with van der Waals surface area (Å²) in [5.74, 6) is -0.160. The molecule has 1 amide bonds. The molecule has 19 heavy (non-hydrogen) atoms. The zero-order valence-corrected chi connectivity index (χ0v) is 11.9. The first-order valence-electron chi connectivity index (χ1n) is 6.34. The van der Waals surface area contributed by atoms with Gasteiger partial charge in [-0.15, -0.1) is 12.4 Å². The van der Waals surface area contributed by atoms with E-state index >= 15 is 0 Å². The van der Waals surface area contributed by atoms with Crippen molar-refractivity contribution in [2.75, 3.05) is 20.1 Å². The molecule has 1 aliphatic carbocycles. The number of halogens is 2. The van der Waals surface area contributed by atoms with Crippen LogP contribution in [-0.4, -0.2) is 26.0 Å². The van der Waals surface area contributed by atoms with E-state index in [1.165, 1.54) is 6.07 Å². The fourth-order valence-electron chi connectivity index (χ4n) is 2.13. The quantitative estimate of drug-likeness (QED) is 0.840. The Morgan fingerprint density at radius 1 is 1.42 bits per heavy atom. The molecule has 0 atom stereocenters. The summed E-state index contributed by atoms with van der Waals surface area (Å²) >= 11 is 0. The zero-order chi connectivity index (χ0) is 13.0. The fraction of sp³-hybridized carbons (Fsp3) is 0.500. The SMILES string of the molecule is CNCCC(=O)NCC1(c2cccc(F)c2)CC1.Cl. The van der Waals surface area contributed by atoms with Crippen LogP contribution in [0.4, 0.5) is 4.39 Å². The van der Waals surface area contributed by atoms with Crippen LogP contribution in [0.15, 0.2) is 24.3 Å². The molecule has 1 aromatic carbocycles. The van der Waals surface area contributed by atoms with Gasteiger partial charge >= 0.3 is 0 Å². The van der Waals surface area contributed by atoms with Crippen molar-refractivity contribution in [1.82, 2.24) is 10.6 Å². The highest BCUT2D eigenvalue weighted by atomic mass is 35.5. The molecule has 2 N–H and O–H groups in total. The number of hydrogen-bond acceptors (Lipinski definition) is 2. The molecule has 3 nitrogen and oxygen atoms in total. The van der Waals surface area contributed by atoms with Crippen molar-refractivity contribution in [2.45, 2.75) is 24.7 Å². The van der Waals surface area contributed by atoms with Crippen molar-refractivity contribution in [3.63, 3.8) is 0 Å². The average molecular weight is 287 g/mol. The van der Waals surface area contributed by atoms with E-state index in [2.05, 4.69) is 10.6 Å². The summed E-state index contributed by atoms with van der Waals surface area (Å²) in [6.07, 6.45) is 2.52. The first-order valence-corrected chi connectivity index (χ1v) is 6.34. The van der Waals surface area contributed by atoms with E-state index in [1.54, 1.807) is 12.1 Å². The highest BCUT2D eigenvalue weighted by Gasteiger charge is 2.44. The van der Waals surface area contributed by atoms with E-state index in [1.807, 2.05) is 13.1 Å². The topological polar surface area (TPSA) is 41.1 Å². The van der Waals surface area contributed by atoms with Crippen LogP contribution in [0.1, 0.15) is 24.8 Å². The van der Waals surface area contributed by atoms with E-state index in [0.717, 1.165) is 18.4 Å². The number of rotatable bonds is 6. The van der Waals surface area contributed by atoms with Gasteiger partial charge in [-0.25, -0.2) is 4.39 Å². The van der Waals surface area contributed by atoms with E-state index in [4.69, 9.17) is 0 Å². The smallest absolute Gasteiger partial charge is 0.221 e. The van der Waals surface area contributed by atoms with Gasteiger partial charge in [0.15, 0.2) is 0 Å². The third-order valence-corrected chi connectivity index (χ3v) is 3.52. The highest BCUT2D eigenvalue weighted by molar-refractivity contribution is 5.85. The molecule has 5 heteroatoms. The molecule has 0 saturated heterocycles. The predicted octanol–water partition coefficient (Wildman–Crippen LogP) is 2.00. The van der Waals surface area contributed by atoms with Gasteiger partial charge < -0.3 is 10.6 Å². The van der Waals surface area contributed by atoms with Crippen molar-refractivity contribution < 1.29 is 9.18 Å². The van der Waals surface area contributed by atoms with Gasteiger partial charge in [0.1, 0.15) is 5.82 Å². The lowest BCUT2D eigenvalue weighted by Crippen LogP contribution is -2.33. The molecule has 0 heterocycles. The number of nitrogens with one attached hydrogen (secondary N) is 2. The maximum Gasteiger partial charge on any atom is 0.221 e. The summed E-state index contributed by atoms with van der Waals surface area (Å²) in [6, 6.07) is 6.70. The molecule has 2 rings (SSSR count). The highest BCUT2D eigenvalue weighted by Crippen LogP contribution is 2.47. The molecule has 0 aliphatic heterocycles. The molecule has 1 fully saturated rings. The molecule has 1 aromatic rings. The monoisotopic (exact) mass is 286 g/mol. The Hall–Kier alpha value is -1.13.